The molecule has 3 aromatic rings. The highest BCUT2D eigenvalue weighted by Crippen LogP contribution is 2.42. The number of hydrogen-bond donors (Lipinski definition) is 1. The van der Waals surface area contributed by atoms with Crippen LogP contribution in [-0.4, -0.2) is 22.8 Å². The lowest BCUT2D eigenvalue weighted by molar-refractivity contribution is -0.116. The van der Waals surface area contributed by atoms with Crippen molar-refractivity contribution in [1.29, 1.82) is 0 Å². The minimum atomic E-state index is -0.0719. The molecule has 1 N–H and O–H groups in total. The zero-order chi connectivity index (χ0) is 17.4. The Morgan fingerprint density at radius 1 is 1.12 bits per heavy atom. The molecule has 1 aliphatic rings. The molecule has 25 heavy (non-hydrogen) atoms. The SMILES string of the molecule is COc1ccccc1[C@@H]1CC(=O)Nc2c1c(C)nn2-c1ccccc1. The Labute approximate surface area is 146 Å². The van der Waals surface area contributed by atoms with Crippen molar-refractivity contribution >= 4 is 11.7 Å². The molecule has 0 radical (unpaired) electrons. The van der Waals surface area contributed by atoms with Gasteiger partial charge in [-0.05, 0) is 25.1 Å². The van der Waals surface area contributed by atoms with E-state index in [0.29, 0.717) is 6.42 Å². The van der Waals surface area contributed by atoms with Gasteiger partial charge in [-0.2, -0.15) is 5.10 Å². The zero-order valence-electron chi connectivity index (χ0n) is 14.2. The highest BCUT2D eigenvalue weighted by molar-refractivity contribution is 5.95. The number of aryl methyl sites for hydroxylation is 1. The molecule has 0 bridgehead atoms. The molecule has 126 valence electrons. The Balaban J connectivity index is 1.90. The molecule has 4 rings (SSSR count). The monoisotopic (exact) mass is 333 g/mol. The van der Waals surface area contributed by atoms with E-state index < -0.39 is 0 Å². The predicted molar refractivity (Wildman–Crippen MR) is 96.4 cm³/mol. The Kier molecular flexibility index (Phi) is 3.76. The van der Waals surface area contributed by atoms with Gasteiger partial charge in [-0.15, -0.1) is 0 Å². The molecule has 0 fully saturated rings. The molecule has 0 spiro atoms. The summed E-state index contributed by atoms with van der Waals surface area (Å²) in [4.78, 5) is 12.4. The molecule has 0 saturated heterocycles. The fourth-order valence-corrected chi connectivity index (χ4v) is 3.52. The van der Waals surface area contributed by atoms with Crippen molar-refractivity contribution in [3.8, 4) is 11.4 Å². The van der Waals surface area contributed by atoms with E-state index in [1.54, 1.807) is 7.11 Å². The van der Waals surface area contributed by atoms with E-state index >= 15 is 0 Å². The molecule has 1 aliphatic heterocycles. The number of para-hydroxylation sites is 2. The molecular weight excluding hydrogens is 314 g/mol. The highest BCUT2D eigenvalue weighted by Gasteiger charge is 2.33. The standard InChI is InChI=1S/C20H19N3O2/c1-13-19-16(15-10-6-7-11-17(15)25-2)12-18(24)21-20(19)23(22-13)14-8-4-3-5-9-14/h3-11,16H,12H2,1-2H3,(H,21,24)/t16-/m0/s1. The van der Waals surface area contributed by atoms with Gasteiger partial charge in [0.15, 0.2) is 0 Å². The highest BCUT2D eigenvalue weighted by atomic mass is 16.5. The number of hydrogen-bond acceptors (Lipinski definition) is 3. The molecule has 2 heterocycles. The van der Waals surface area contributed by atoms with Crippen LogP contribution in [0.3, 0.4) is 0 Å². The first-order valence-electron chi connectivity index (χ1n) is 8.26. The summed E-state index contributed by atoms with van der Waals surface area (Å²) in [7, 11) is 1.66. The number of nitrogens with zero attached hydrogens (tertiary/aromatic N) is 2. The van der Waals surface area contributed by atoms with Gasteiger partial charge in [-0.3, -0.25) is 4.79 Å². The summed E-state index contributed by atoms with van der Waals surface area (Å²) in [6.45, 7) is 1.98. The minimum Gasteiger partial charge on any atom is -0.496 e. The van der Waals surface area contributed by atoms with Crippen LogP contribution in [0, 0.1) is 6.92 Å². The van der Waals surface area contributed by atoms with Crippen molar-refractivity contribution in [3.05, 3.63) is 71.4 Å². The number of fused-ring (bicyclic) bond motifs is 1. The van der Waals surface area contributed by atoms with Crippen LogP contribution >= 0.6 is 0 Å². The van der Waals surface area contributed by atoms with Crippen LogP contribution in [0.2, 0.25) is 0 Å². The van der Waals surface area contributed by atoms with Crippen molar-refractivity contribution in [2.24, 2.45) is 0 Å². The van der Waals surface area contributed by atoms with Crippen LogP contribution in [0.5, 0.6) is 5.75 Å². The largest absolute Gasteiger partial charge is 0.496 e. The summed E-state index contributed by atoms with van der Waals surface area (Å²) in [5.41, 5.74) is 3.90. The van der Waals surface area contributed by atoms with Crippen LogP contribution in [0.1, 0.15) is 29.2 Å². The number of carbonyl (C=O) groups excluding carboxylic acids is 1. The Bertz CT molecular complexity index is 931. The summed E-state index contributed by atoms with van der Waals surface area (Å²) < 4.78 is 7.33. The number of rotatable bonds is 3. The first-order chi connectivity index (χ1) is 12.2. The number of ether oxygens (including phenoxy) is 1. The number of anilines is 1. The summed E-state index contributed by atoms with van der Waals surface area (Å²) in [5, 5.41) is 7.70. The average molecular weight is 333 g/mol. The molecule has 2 aromatic carbocycles. The molecule has 0 aliphatic carbocycles. The maximum absolute atomic E-state index is 12.4. The van der Waals surface area contributed by atoms with E-state index in [0.717, 1.165) is 34.1 Å². The lowest BCUT2D eigenvalue weighted by Crippen LogP contribution is -2.25. The van der Waals surface area contributed by atoms with Gasteiger partial charge in [0.1, 0.15) is 11.6 Å². The van der Waals surface area contributed by atoms with Crippen LogP contribution < -0.4 is 10.1 Å². The maximum Gasteiger partial charge on any atom is 0.226 e. The van der Waals surface area contributed by atoms with Crippen molar-refractivity contribution in [2.75, 3.05) is 12.4 Å². The Morgan fingerprint density at radius 2 is 1.84 bits per heavy atom. The molecule has 5 heteroatoms. The van der Waals surface area contributed by atoms with Crippen LogP contribution in [0.25, 0.3) is 5.69 Å². The minimum absolute atomic E-state index is 0.0134. The van der Waals surface area contributed by atoms with Crippen molar-refractivity contribution in [2.45, 2.75) is 19.3 Å². The molecule has 1 aromatic heterocycles. The van der Waals surface area contributed by atoms with E-state index in [4.69, 9.17) is 4.74 Å². The Morgan fingerprint density at radius 3 is 2.60 bits per heavy atom. The first-order valence-corrected chi connectivity index (χ1v) is 8.26. The zero-order valence-corrected chi connectivity index (χ0v) is 14.2. The van der Waals surface area contributed by atoms with Crippen molar-refractivity contribution in [1.82, 2.24) is 9.78 Å². The molecule has 1 amide bonds. The van der Waals surface area contributed by atoms with E-state index in [9.17, 15) is 4.79 Å². The third-order valence-corrected chi connectivity index (χ3v) is 4.62. The van der Waals surface area contributed by atoms with Crippen LogP contribution in [-0.2, 0) is 4.79 Å². The van der Waals surface area contributed by atoms with E-state index in [-0.39, 0.29) is 11.8 Å². The first kappa shape index (κ1) is 15.4. The van der Waals surface area contributed by atoms with Gasteiger partial charge in [0.05, 0.1) is 18.5 Å². The predicted octanol–water partition coefficient (Wildman–Crippen LogP) is 3.66. The molecule has 1 atom stereocenters. The lowest BCUT2D eigenvalue weighted by atomic mass is 9.85. The molecular formula is C20H19N3O2. The quantitative estimate of drug-likeness (QED) is 0.796. The second-order valence-corrected chi connectivity index (χ2v) is 6.14. The number of aromatic nitrogens is 2. The smallest absolute Gasteiger partial charge is 0.226 e. The molecule has 5 nitrogen and oxygen atoms in total. The van der Waals surface area contributed by atoms with E-state index in [2.05, 4.69) is 10.4 Å². The second kappa shape index (κ2) is 6.09. The molecule has 0 unspecified atom stereocenters. The van der Waals surface area contributed by atoms with Gasteiger partial charge in [0.2, 0.25) is 5.91 Å². The van der Waals surface area contributed by atoms with Gasteiger partial charge in [-0.1, -0.05) is 36.4 Å². The van der Waals surface area contributed by atoms with Crippen molar-refractivity contribution < 1.29 is 9.53 Å². The van der Waals surface area contributed by atoms with Crippen LogP contribution in [0.4, 0.5) is 5.82 Å². The summed E-state index contributed by atoms with van der Waals surface area (Å²) in [6, 6.07) is 17.7. The van der Waals surface area contributed by atoms with Gasteiger partial charge >= 0.3 is 0 Å². The normalized spacial score (nSPS) is 16.2. The second-order valence-electron chi connectivity index (χ2n) is 6.14. The number of benzene rings is 2. The average Bonchev–Trinajstić information content (AvgIpc) is 2.98. The van der Waals surface area contributed by atoms with E-state index in [1.165, 1.54) is 0 Å². The summed E-state index contributed by atoms with van der Waals surface area (Å²) >= 11 is 0. The summed E-state index contributed by atoms with van der Waals surface area (Å²) in [5.74, 6) is 1.45. The number of nitrogens with one attached hydrogen (secondary N) is 1. The van der Waals surface area contributed by atoms with Gasteiger partial charge in [-0.25, -0.2) is 4.68 Å². The number of carbonyl (C=O) groups is 1. The number of methoxy groups -OCH3 is 1. The maximum atomic E-state index is 12.4. The molecule has 0 saturated carbocycles. The van der Waals surface area contributed by atoms with Gasteiger partial charge < -0.3 is 10.1 Å². The third kappa shape index (κ3) is 2.58. The summed E-state index contributed by atoms with van der Waals surface area (Å²) in [6.07, 6.45) is 0.384. The van der Waals surface area contributed by atoms with Crippen molar-refractivity contribution in [3.63, 3.8) is 0 Å². The lowest BCUT2D eigenvalue weighted by Gasteiger charge is -2.25. The van der Waals surface area contributed by atoms with E-state index in [1.807, 2.05) is 66.2 Å². The number of amides is 1. The topological polar surface area (TPSA) is 56.1 Å². The van der Waals surface area contributed by atoms with Gasteiger partial charge in [0, 0.05) is 23.5 Å². The fraction of sp³-hybridized carbons (Fsp3) is 0.200. The Hall–Kier alpha value is -3.08. The third-order valence-electron chi connectivity index (χ3n) is 4.62. The van der Waals surface area contributed by atoms with Crippen LogP contribution in [0.15, 0.2) is 54.6 Å². The van der Waals surface area contributed by atoms with Gasteiger partial charge in [0.25, 0.3) is 0 Å². The fourth-order valence-electron chi connectivity index (χ4n) is 3.52.